The smallest absolute Gasteiger partial charge is 0.309 e. The number of hydrogen-bond donors (Lipinski definition) is 4. The number of sulfonamides is 1. The summed E-state index contributed by atoms with van der Waals surface area (Å²) in [7, 11) is -3.21. The molecule has 0 rings (SSSR count). The number of carbonyl (C=O) groups is 2. The van der Waals surface area contributed by atoms with Gasteiger partial charge in [0.2, 0.25) is 10.0 Å². The Labute approximate surface area is 100 Å². The minimum atomic E-state index is -3.21. The molecule has 5 N–H and O–H groups in total. The van der Waals surface area contributed by atoms with Gasteiger partial charge in [0.05, 0.1) is 6.26 Å². The third-order valence-electron chi connectivity index (χ3n) is 1.64. The van der Waals surface area contributed by atoms with Gasteiger partial charge in [-0.25, -0.2) is 13.1 Å². The van der Waals surface area contributed by atoms with Crippen molar-refractivity contribution in [3.63, 3.8) is 0 Å². The quantitative estimate of drug-likeness (QED) is 0.290. The fraction of sp³-hybridized carbons (Fsp3) is 0.750. The lowest BCUT2D eigenvalue weighted by atomic mass is 10.4. The minimum absolute atomic E-state index is 0.212. The molecule has 2 amide bonds. The fourth-order valence-corrected chi connectivity index (χ4v) is 1.41. The zero-order chi connectivity index (χ0) is 13.3. The molecule has 17 heavy (non-hydrogen) atoms. The van der Waals surface area contributed by atoms with E-state index in [1.165, 1.54) is 0 Å². The first kappa shape index (κ1) is 15.8. The summed E-state index contributed by atoms with van der Waals surface area (Å²) < 4.78 is 23.6. The van der Waals surface area contributed by atoms with Crippen LogP contribution in [0.15, 0.2) is 0 Å². The van der Waals surface area contributed by atoms with E-state index in [0.717, 1.165) is 6.26 Å². The Morgan fingerprint density at radius 2 is 1.59 bits per heavy atom. The Hall–Kier alpha value is -1.19. The molecule has 0 aromatic carbocycles. The molecule has 9 heteroatoms. The van der Waals surface area contributed by atoms with Crippen molar-refractivity contribution in [3.05, 3.63) is 0 Å². The molecule has 100 valence electrons. The summed E-state index contributed by atoms with van der Waals surface area (Å²) in [5.41, 5.74) is 5.15. The second-order valence-corrected chi connectivity index (χ2v) is 5.15. The van der Waals surface area contributed by atoms with Crippen LogP contribution in [0.4, 0.5) is 0 Å². The van der Waals surface area contributed by atoms with Crippen LogP contribution in [0.2, 0.25) is 0 Å². The van der Waals surface area contributed by atoms with Crippen molar-refractivity contribution in [2.45, 2.75) is 6.42 Å². The number of nitrogens with two attached hydrogens (primary N) is 1. The first-order valence-corrected chi connectivity index (χ1v) is 6.96. The lowest BCUT2D eigenvalue weighted by Gasteiger charge is -2.05. The summed E-state index contributed by atoms with van der Waals surface area (Å²) in [6.45, 7) is 0.931. The summed E-state index contributed by atoms with van der Waals surface area (Å²) in [5, 5.41) is 4.66. The summed E-state index contributed by atoms with van der Waals surface area (Å²) in [4.78, 5) is 22.1. The fourth-order valence-electron chi connectivity index (χ4n) is 0.894. The van der Waals surface area contributed by atoms with Crippen molar-refractivity contribution >= 4 is 21.8 Å². The third-order valence-corrected chi connectivity index (χ3v) is 2.37. The maximum absolute atomic E-state index is 11.1. The summed E-state index contributed by atoms with van der Waals surface area (Å²) in [6, 6.07) is 0. The van der Waals surface area contributed by atoms with E-state index in [-0.39, 0.29) is 26.2 Å². The average Bonchev–Trinajstić information content (AvgIpc) is 2.23. The van der Waals surface area contributed by atoms with Crippen molar-refractivity contribution in [1.82, 2.24) is 15.4 Å². The van der Waals surface area contributed by atoms with Crippen LogP contribution in [-0.2, 0) is 19.6 Å². The van der Waals surface area contributed by atoms with Gasteiger partial charge in [-0.15, -0.1) is 0 Å². The summed E-state index contributed by atoms with van der Waals surface area (Å²) >= 11 is 0. The Balaban J connectivity index is 3.61. The lowest BCUT2D eigenvalue weighted by molar-refractivity contribution is -0.139. The van der Waals surface area contributed by atoms with Crippen molar-refractivity contribution < 1.29 is 18.0 Å². The van der Waals surface area contributed by atoms with Gasteiger partial charge in [-0.2, -0.15) is 0 Å². The van der Waals surface area contributed by atoms with Gasteiger partial charge in [-0.3, -0.25) is 9.59 Å². The van der Waals surface area contributed by atoms with Gasteiger partial charge in [0, 0.05) is 26.2 Å². The van der Waals surface area contributed by atoms with E-state index in [4.69, 9.17) is 5.73 Å². The molecule has 0 aliphatic heterocycles. The maximum Gasteiger partial charge on any atom is 0.309 e. The van der Waals surface area contributed by atoms with Crippen LogP contribution in [0, 0.1) is 0 Å². The number of carbonyl (C=O) groups excluding carboxylic acids is 2. The Bertz CT molecular complexity index is 355. The van der Waals surface area contributed by atoms with Crippen molar-refractivity contribution in [2.75, 3.05) is 32.4 Å². The highest BCUT2D eigenvalue weighted by Gasteiger charge is 2.11. The van der Waals surface area contributed by atoms with Crippen LogP contribution >= 0.6 is 0 Å². The standard InChI is InChI=1S/C8H18N4O4S/c1-17(15,16)12-5-2-4-10-7(13)8(14)11-6-3-9/h12H,2-6,9H2,1H3,(H,10,13)(H,11,14). The summed E-state index contributed by atoms with van der Waals surface area (Å²) in [5.74, 6) is -1.50. The molecule has 0 saturated carbocycles. The first-order valence-electron chi connectivity index (χ1n) is 5.07. The molecule has 0 heterocycles. The van der Waals surface area contributed by atoms with Crippen molar-refractivity contribution in [3.8, 4) is 0 Å². The molecule has 0 fully saturated rings. The largest absolute Gasteiger partial charge is 0.348 e. The number of nitrogens with one attached hydrogen (secondary N) is 3. The van der Waals surface area contributed by atoms with Gasteiger partial charge in [0.25, 0.3) is 0 Å². The van der Waals surface area contributed by atoms with Crippen LogP contribution in [0.3, 0.4) is 0 Å². The predicted octanol–water partition coefficient (Wildman–Crippen LogP) is -2.88. The van der Waals surface area contributed by atoms with Gasteiger partial charge in [-0.05, 0) is 6.42 Å². The predicted molar refractivity (Wildman–Crippen MR) is 62.5 cm³/mol. The van der Waals surface area contributed by atoms with E-state index in [0.29, 0.717) is 6.42 Å². The van der Waals surface area contributed by atoms with Gasteiger partial charge in [-0.1, -0.05) is 0 Å². The normalized spacial score (nSPS) is 10.9. The average molecular weight is 266 g/mol. The SMILES string of the molecule is CS(=O)(=O)NCCCNC(=O)C(=O)NCCN. The number of rotatable bonds is 7. The van der Waals surface area contributed by atoms with Crippen LogP contribution in [0.5, 0.6) is 0 Å². The van der Waals surface area contributed by atoms with Crippen LogP contribution in [-0.4, -0.2) is 52.7 Å². The van der Waals surface area contributed by atoms with Crippen molar-refractivity contribution in [2.24, 2.45) is 5.73 Å². The van der Waals surface area contributed by atoms with E-state index in [1.807, 2.05) is 0 Å². The highest BCUT2D eigenvalue weighted by Crippen LogP contribution is 1.78. The third kappa shape index (κ3) is 9.72. The summed E-state index contributed by atoms with van der Waals surface area (Å²) in [6.07, 6.45) is 1.45. The van der Waals surface area contributed by atoms with Gasteiger partial charge in [0.1, 0.15) is 0 Å². The highest BCUT2D eigenvalue weighted by atomic mass is 32.2. The molecule has 0 aliphatic rings. The van der Waals surface area contributed by atoms with E-state index in [1.54, 1.807) is 0 Å². The van der Waals surface area contributed by atoms with Crippen LogP contribution in [0.25, 0.3) is 0 Å². The molecule has 0 aromatic heterocycles. The molecule has 0 aliphatic carbocycles. The number of hydrogen-bond acceptors (Lipinski definition) is 5. The Morgan fingerprint density at radius 1 is 1.06 bits per heavy atom. The Morgan fingerprint density at radius 3 is 2.06 bits per heavy atom. The molecule has 0 radical (unpaired) electrons. The highest BCUT2D eigenvalue weighted by molar-refractivity contribution is 7.88. The Kier molecular flexibility index (Phi) is 7.42. The maximum atomic E-state index is 11.1. The first-order chi connectivity index (χ1) is 7.87. The van der Waals surface area contributed by atoms with E-state index in [9.17, 15) is 18.0 Å². The van der Waals surface area contributed by atoms with E-state index < -0.39 is 21.8 Å². The molecule has 0 bridgehead atoms. The molecular weight excluding hydrogens is 248 g/mol. The molecular formula is C8H18N4O4S. The molecule has 0 saturated heterocycles. The monoisotopic (exact) mass is 266 g/mol. The van der Waals surface area contributed by atoms with Crippen molar-refractivity contribution in [1.29, 1.82) is 0 Å². The minimum Gasteiger partial charge on any atom is -0.348 e. The molecule has 0 unspecified atom stereocenters. The van der Waals surface area contributed by atoms with Gasteiger partial charge < -0.3 is 16.4 Å². The molecule has 8 nitrogen and oxygen atoms in total. The van der Waals surface area contributed by atoms with E-state index in [2.05, 4.69) is 15.4 Å². The zero-order valence-corrected chi connectivity index (χ0v) is 10.5. The number of amides is 2. The molecule has 0 aromatic rings. The molecule has 0 spiro atoms. The van der Waals surface area contributed by atoms with Crippen LogP contribution in [0.1, 0.15) is 6.42 Å². The lowest BCUT2D eigenvalue weighted by Crippen LogP contribution is -2.42. The van der Waals surface area contributed by atoms with Crippen LogP contribution < -0.4 is 21.1 Å². The molecule has 0 atom stereocenters. The zero-order valence-electron chi connectivity index (χ0n) is 9.65. The second-order valence-electron chi connectivity index (χ2n) is 3.32. The van der Waals surface area contributed by atoms with E-state index >= 15 is 0 Å². The topological polar surface area (TPSA) is 130 Å². The van der Waals surface area contributed by atoms with Gasteiger partial charge >= 0.3 is 11.8 Å². The van der Waals surface area contributed by atoms with Gasteiger partial charge in [0.15, 0.2) is 0 Å². The second kappa shape index (κ2) is 7.98.